The summed E-state index contributed by atoms with van der Waals surface area (Å²) in [5, 5.41) is 0. The van der Waals surface area contributed by atoms with Crippen molar-refractivity contribution in [3.63, 3.8) is 0 Å². The van der Waals surface area contributed by atoms with Crippen LogP contribution in [0, 0.1) is 0 Å². The summed E-state index contributed by atoms with van der Waals surface area (Å²) in [7, 11) is 0. The zero-order valence-corrected chi connectivity index (χ0v) is 35.5. The van der Waals surface area contributed by atoms with E-state index in [-0.39, 0.29) is 28.8 Å². The van der Waals surface area contributed by atoms with Crippen LogP contribution < -0.4 is 21.9 Å². The number of ether oxygens (including phenoxy) is 1. The maximum Gasteiger partial charge on any atom is 0.328 e. The molecule has 0 saturated heterocycles. The molecule has 0 saturated carbocycles. The normalized spacial score (nSPS) is 14.8. The summed E-state index contributed by atoms with van der Waals surface area (Å²) in [4.78, 5) is 47.4. The second kappa shape index (κ2) is 19.2. The molecule has 0 fully saturated rings. The molecule has 2 aliphatic rings. The van der Waals surface area contributed by atoms with E-state index >= 15 is 0 Å². The van der Waals surface area contributed by atoms with Crippen molar-refractivity contribution in [1.82, 2.24) is 58.1 Å². The van der Waals surface area contributed by atoms with Gasteiger partial charge in [-0.05, 0) is 67.7 Å². The minimum absolute atomic E-state index is 0. The maximum atomic E-state index is 12.6. The van der Waals surface area contributed by atoms with Crippen LogP contribution in [0.25, 0.3) is 45.6 Å². The molecule has 0 radical (unpaired) electrons. The molecule has 0 spiro atoms. The van der Waals surface area contributed by atoms with Crippen LogP contribution in [-0.4, -0.2) is 64.7 Å². The van der Waals surface area contributed by atoms with Crippen LogP contribution in [0.2, 0.25) is 0 Å². The lowest BCUT2D eigenvalue weighted by Gasteiger charge is -2.11. The number of fused-ring (bicyclic) bond motifs is 10. The highest BCUT2D eigenvalue weighted by Gasteiger charge is 2.21. The van der Waals surface area contributed by atoms with E-state index in [0.29, 0.717) is 77.2 Å². The Morgan fingerprint density at radius 3 is 1.84 bits per heavy atom. The number of hydrogen-bond donors (Lipinski definition) is 3. The Morgan fingerprint density at radius 1 is 0.694 bits per heavy atom. The van der Waals surface area contributed by atoms with Gasteiger partial charge in [0.05, 0.1) is 19.7 Å². The summed E-state index contributed by atoms with van der Waals surface area (Å²) >= 11 is 0. The van der Waals surface area contributed by atoms with E-state index in [9.17, 15) is 4.79 Å². The Bertz CT molecular complexity index is 2940. The largest absolute Gasteiger partial charge is 0.465 e. The fourth-order valence-corrected chi connectivity index (χ4v) is 7.68. The van der Waals surface area contributed by atoms with Crippen LogP contribution in [0.1, 0.15) is 62.3 Å². The molecule has 8 heterocycles. The van der Waals surface area contributed by atoms with Crippen molar-refractivity contribution < 1.29 is 4.74 Å². The molecule has 1 unspecified atom stereocenters. The molecule has 62 heavy (non-hydrogen) atoms. The average molecular weight is 853 g/mol. The van der Waals surface area contributed by atoms with Gasteiger partial charge >= 0.3 is 5.69 Å². The van der Waals surface area contributed by atoms with E-state index < -0.39 is 0 Å². The van der Waals surface area contributed by atoms with E-state index in [1.807, 2.05) is 40.6 Å². The molecule has 17 heteroatoms. The maximum absolute atomic E-state index is 12.6. The Morgan fingerprint density at radius 2 is 1.24 bits per heavy atom. The number of allylic oxidation sites excluding steroid dienone is 4. The predicted octanol–water partition coefficient (Wildman–Crippen LogP) is 6.81. The van der Waals surface area contributed by atoms with Crippen molar-refractivity contribution in [3.05, 3.63) is 130 Å². The number of nitrogens with zero attached hydrogens (tertiary/aromatic N) is 11. The van der Waals surface area contributed by atoms with E-state index in [1.54, 1.807) is 17.0 Å². The van der Waals surface area contributed by atoms with Crippen molar-refractivity contribution in [1.29, 1.82) is 0 Å². The van der Waals surface area contributed by atoms with E-state index in [4.69, 9.17) is 21.2 Å². The Balaban J connectivity index is 0.000000181. The van der Waals surface area contributed by atoms with Gasteiger partial charge in [0.15, 0.2) is 51.7 Å². The highest BCUT2D eigenvalue weighted by Crippen LogP contribution is 2.28. The van der Waals surface area contributed by atoms with E-state index in [1.165, 1.54) is 11.1 Å². The summed E-state index contributed by atoms with van der Waals surface area (Å²) in [5.74, 6) is 2.84. The molecule has 0 aliphatic carbocycles. The molecule has 10 rings (SSSR count). The van der Waals surface area contributed by atoms with Gasteiger partial charge < -0.3 is 30.3 Å². The number of nitrogen functional groups attached to an aromatic ring is 2. The lowest BCUT2D eigenvalue weighted by atomic mass is 10.1. The predicted molar refractivity (Wildman–Crippen MR) is 249 cm³/mol. The SMILES string of the molecule is C.CCOc1nc2c(N)nc3nc2n1Cc1cccc(c1)C/C=C/CCCn1ccnc1-3.Nc1nc2nc3c1[nH]c(=O)n3Cc1cccc(c1)C/C=C/CCCn1ccnc1-2.P. The molecule has 8 bridgehead atoms. The van der Waals surface area contributed by atoms with Gasteiger partial charge in [0.25, 0.3) is 6.01 Å². The smallest absolute Gasteiger partial charge is 0.328 e. The number of rotatable bonds is 2. The van der Waals surface area contributed by atoms with Gasteiger partial charge in [-0.15, -0.1) is 0 Å². The van der Waals surface area contributed by atoms with Gasteiger partial charge in [-0.3, -0.25) is 9.13 Å². The average Bonchev–Trinajstić information content (AvgIpc) is 4.05. The van der Waals surface area contributed by atoms with Gasteiger partial charge in [0.1, 0.15) is 5.52 Å². The zero-order valence-electron chi connectivity index (χ0n) is 34.1. The lowest BCUT2D eigenvalue weighted by Crippen LogP contribution is -2.18. The van der Waals surface area contributed by atoms with Gasteiger partial charge in [-0.25, -0.2) is 34.7 Å². The van der Waals surface area contributed by atoms with Gasteiger partial charge in [-0.1, -0.05) is 80.3 Å². The van der Waals surface area contributed by atoms with Crippen molar-refractivity contribution in [2.75, 3.05) is 18.1 Å². The first-order chi connectivity index (χ1) is 29.4. The Hall–Kier alpha value is -6.93. The first-order valence-corrected chi connectivity index (χ1v) is 20.3. The molecule has 320 valence electrons. The second-order valence-electron chi connectivity index (χ2n) is 14.8. The first-order valence-electron chi connectivity index (χ1n) is 20.3. The quantitative estimate of drug-likeness (QED) is 0.122. The van der Waals surface area contributed by atoms with E-state index in [2.05, 4.69) is 100 Å². The van der Waals surface area contributed by atoms with Crippen LogP contribution in [0.4, 0.5) is 11.6 Å². The minimum Gasteiger partial charge on any atom is -0.465 e. The van der Waals surface area contributed by atoms with Crippen molar-refractivity contribution in [2.45, 2.75) is 79.1 Å². The zero-order chi connectivity index (χ0) is 41.0. The molecule has 2 aromatic carbocycles. The Labute approximate surface area is 362 Å². The second-order valence-corrected chi connectivity index (χ2v) is 14.8. The summed E-state index contributed by atoms with van der Waals surface area (Å²) in [6.07, 6.45) is 22.0. The molecule has 6 aromatic heterocycles. The third-order valence-electron chi connectivity index (χ3n) is 10.6. The number of benzene rings is 2. The van der Waals surface area contributed by atoms with Crippen LogP contribution in [0.15, 0.2) is 102 Å². The number of aromatic amines is 1. The van der Waals surface area contributed by atoms with Crippen LogP contribution >= 0.6 is 9.90 Å². The lowest BCUT2D eigenvalue weighted by molar-refractivity contribution is 0.301. The molecular weight excluding hydrogens is 800 g/mol. The molecule has 1 atom stereocenters. The van der Waals surface area contributed by atoms with Gasteiger partial charge in [0.2, 0.25) is 0 Å². The minimum atomic E-state index is -0.257. The third kappa shape index (κ3) is 9.05. The number of anilines is 2. The standard InChI is InChI=1S/C23H25N7O.C21H21N7O.CH4.H3P/c1-2-31-23-26-18-19(24)27-20-22-25-11-13-29(22)12-6-4-3-5-8-16-9-7-10-17(14-16)15-30(23)21(18)28-20;22-17-16-19-26-18(25-17)20-23-9-11-27(20)10-4-2-1-3-6-14-7-5-8-15(12-14)13-28(19)21(29)24-16;;/h3,5,7,9-11,13-14H,2,4,6,8,12,15H2,1H3,(H2,24,27,28);1,3,5,7-9,11-12H,2,4,6,10,13H2,(H,24,29)(H2,22,25,26);1H4;1H3/b5-3+;3-1+;;. The highest BCUT2D eigenvalue weighted by molar-refractivity contribution is 6.92. The highest BCUT2D eigenvalue weighted by atomic mass is 31.0. The summed E-state index contributed by atoms with van der Waals surface area (Å²) in [6.45, 7) is 5.05. The monoisotopic (exact) mass is 852 g/mol. The molecule has 2 aliphatic heterocycles. The van der Waals surface area contributed by atoms with Crippen molar-refractivity contribution >= 4 is 43.9 Å². The summed E-state index contributed by atoms with van der Waals surface area (Å²) in [6, 6.07) is 17.3. The number of aryl methyl sites for hydroxylation is 2. The number of hydrogen-bond acceptors (Lipinski definition) is 11. The molecular formula is C45H53N14O2P. The molecule has 0 amide bonds. The van der Waals surface area contributed by atoms with Gasteiger partial charge in [0, 0.05) is 37.9 Å². The number of imidazole rings is 4. The number of H-pyrrole nitrogens is 1. The Kier molecular flexibility index (Phi) is 13.4. The van der Waals surface area contributed by atoms with Crippen molar-refractivity contribution in [2.24, 2.45) is 0 Å². The fourth-order valence-electron chi connectivity index (χ4n) is 7.68. The number of nitrogens with one attached hydrogen (secondary N) is 1. The summed E-state index contributed by atoms with van der Waals surface area (Å²) < 4.78 is 13.5. The molecule has 5 N–H and O–H groups in total. The number of nitrogens with two attached hydrogens (primary N) is 2. The van der Waals surface area contributed by atoms with Gasteiger partial charge in [-0.2, -0.15) is 14.9 Å². The molecule has 8 aromatic rings. The van der Waals surface area contributed by atoms with Crippen molar-refractivity contribution in [3.8, 4) is 29.3 Å². The van der Waals surface area contributed by atoms with E-state index in [0.717, 1.165) is 62.7 Å². The summed E-state index contributed by atoms with van der Waals surface area (Å²) in [5.41, 5.74) is 19.0. The third-order valence-corrected chi connectivity index (χ3v) is 10.6. The van der Waals surface area contributed by atoms with Crippen LogP contribution in [0.3, 0.4) is 0 Å². The van der Waals surface area contributed by atoms with Crippen LogP contribution in [0.5, 0.6) is 6.01 Å². The topological polar surface area (TPSA) is 204 Å². The van der Waals surface area contributed by atoms with Crippen LogP contribution in [-0.2, 0) is 39.0 Å². The molecule has 16 nitrogen and oxygen atoms in total. The fraction of sp³-hybridized carbons (Fsp3) is 0.289. The first kappa shape index (κ1) is 43.2. The number of aromatic nitrogens is 12.